The molecule has 0 N–H and O–H groups in total. The van der Waals surface area contributed by atoms with Gasteiger partial charge in [0.25, 0.3) is 0 Å². The SMILES string of the molecule is COC(=O)CCC(=NOCc1ccc(OCc2nc(-c3ccccc3)sc2C)cc1)c1ccccc1. The summed E-state index contributed by atoms with van der Waals surface area (Å²) in [5, 5.41) is 5.30. The minimum atomic E-state index is -0.279. The first-order chi connectivity index (χ1) is 17.6. The molecule has 0 saturated carbocycles. The molecule has 7 heteroatoms. The molecular weight excluding hydrogens is 472 g/mol. The van der Waals surface area contributed by atoms with E-state index in [1.807, 2.05) is 72.8 Å². The van der Waals surface area contributed by atoms with Gasteiger partial charge in [0.15, 0.2) is 0 Å². The molecule has 4 rings (SSSR count). The van der Waals surface area contributed by atoms with Gasteiger partial charge < -0.3 is 14.3 Å². The molecule has 0 atom stereocenters. The molecule has 0 amide bonds. The summed E-state index contributed by atoms with van der Waals surface area (Å²) >= 11 is 1.68. The second kappa shape index (κ2) is 12.7. The summed E-state index contributed by atoms with van der Waals surface area (Å²) in [6.45, 7) is 2.79. The number of carbonyl (C=O) groups is 1. The van der Waals surface area contributed by atoms with Gasteiger partial charge in [-0.05, 0) is 30.2 Å². The number of benzene rings is 3. The van der Waals surface area contributed by atoms with Crippen molar-refractivity contribution in [3.8, 4) is 16.3 Å². The van der Waals surface area contributed by atoms with E-state index in [2.05, 4.69) is 24.2 Å². The highest BCUT2D eigenvalue weighted by molar-refractivity contribution is 7.15. The molecule has 1 heterocycles. The predicted molar refractivity (Wildman–Crippen MR) is 142 cm³/mol. The van der Waals surface area contributed by atoms with E-state index >= 15 is 0 Å². The van der Waals surface area contributed by atoms with Crippen LogP contribution in [-0.2, 0) is 27.6 Å². The summed E-state index contributed by atoms with van der Waals surface area (Å²) in [5.41, 5.74) is 4.64. The average Bonchev–Trinajstić information content (AvgIpc) is 3.31. The molecule has 0 aliphatic heterocycles. The fraction of sp³-hybridized carbons (Fsp3) is 0.207. The Morgan fingerprint density at radius 3 is 2.28 bits per heavy atom. The van der Waals surface area contributed by atoms with Crippen molar-refractivity contribution < 1.29 is 19.1 Å². The first-order valence-corrected chi connectivity index (χ1v) is 12.5. The zero-order valence-corrected chi connectivity index (χ0v) is 21.2. The number of hydrogen-bond acceptors (Lipinski definition) is 7. The zero-order valence-electron chi connectivity index (χ0n) is 20.3. The van der Waals surface area contributed by atoms with Gasteiger partial charge in [0.05, 0.1) is 24.9 Å². The predicted octanol–water partition coefficient (Wildman–Crippen LogP) is 6.57. The van der Waals surface area contributed by atoms with Gasteiger partial charge in [0.2, 0.25) is 0 Å². The van der Waals surface area contributed by atoms with Crippen molar-refractivity contribution in [1.29, 1.82) is 0 Å². The number of hydrogen-bond donors (Lipinski definition) is 0. The van der Waals surface area contributed by atoms with Crippen LogP contribution in [0.1, 0.15) is 34.5 Å². The van der Waals surface area contributed by atoms with Gasteiger partial charge in [0, 0.05) is 16.9 Å². The van der Waals surface area contributed by atoms with Crippen molar-refractivity contribution in [3.05, 3.63) is 107 Å². The smallest absolute Gasteiger partial charge is 0.305 e. The molecule has 0 aliphatic carbocycles. The third kappa shape index (κ3) is 7.02. The molecule has 0 spiro atoms. The third-order valence-electron chi connectivity index (χ3n) is 5.52. The van der Waals surface area contributed by atoms with Crippen LogP contribution in [-0.4, -0.2) is 23.8 Å². The van der Waals surface area contributed by atoms with Crippen LogP contribution in [0.5, 0.6) is 5.75 Å². The summed E-state index contributed by atoms with van der Waals surface area (Å²) in [6.07, 6.45) is 0.677. The van der Waals surface area contributed by atoms with E-state index in [0.717, 1.165) is 38.0 Å². The minimum absolute atomic E-state index is 0.241. The Balaban J connectivity index is 1.32. The van der Waals surface area contributed by atoms with Crippen LogP contribution in [0.25, 0.3) is 10.6 Å². The molecule has 3 aromatic carbocycles. The van der Waals surface area contributed by atoms with Gasteiger partial charge in [-0.25, -0.2) is 4.98 Å². The second-order valence-electron chi connectivity index (χ2n) is 8.07. The van der Waals surface area contributed by atoms with E-state index in [1.165, 1.54) is 7.11 Å². The van der Waals surface area contributed by atoms with Gasteiger partial charge in [-0.2, -0.15) is 0 Å². The molecule has 0 fully saturated rings. The summed E-state index contributed by atoms with van der Waals surface area (Å²) in [4.78, 5) is 23.1. The van der Waals surface area contributed by atoms with Crippen LogP contribution >= 0.6 is 11.3 Å². The number of thiazole rings is 1. The molecule has 0 bridgehead atoms. The van der Waals surface area contributed by atoms with Gasteiger partial charge >= 0.3 is 5.97 Å². The summed E-state index contributed by atoms with van der Waals surface area (Å²) in [6, 6.07) is 27.6. The molecule has 0 aliphatic rings. The Hall–Kier alpha value is -3.97. The first kappa shape index (κ1) is 25.1. The molecule has 1 aromatic heterocycles. The number of nitrogens with zero attached hydrogens (tertiary/aromatic N) is 2. The number of rotatable bonds is 11. The second-order valence-corrected chi connectivity index (χ2v) is 9.28. The largest absolute Gasteiger partial charge is 0.487 e. The molecule has 0 radical (unpaired) electrons. The van der Waals surface area contributed by atoms with Crippen molar-refractivity contribution >= 4 is 23.0 Å². The molecule has 0 saturated heterocycles. The maximum Gasteiger partial charge on any atom is 0.305 e. The first-order valence-electron chi connectivity index (χ1n) is 11.7. The van der Waals surface area contributed by atoms with Crippen LogP contribution in [0, 0.1) is 6.92 Å². The highest BCUT2D eigenvalue weighted by atomic mass is 32.1. The van der Waals surface area contributed by atoms with E-state index in [9.17, 15) is 4.79 Å². The Labute approximate surface area is 215 Å². The minimum Gasteiger partial charge on any atom is -0.487 e. The number of ether oxygens (including phenoxy) is 2. The van der Waals surface area contributed by atoms with Crippen LogP contribution in [0.3, 0.4) is 0 Å². The molecular formula is C29H28N2O4S. The number of methoxy groups -OCH3 is 1. The van der Waals surface area contributed by atoms with E-state index in [0.29, 0.717) is 25.3 Å². The van der Waals surface area contributed by atoms with Gasteiger partial charge in [-0.1, -0.05) is 78.0 Å². The highest BCUT2D eigenvalue weighted by Gasteiger charge is 2.11. The lowest BCUT2D eigenvalue weighted by atomic mass is 10.1. The van der Waals surface area contributed by atoms with Crippen molar-refractivity contribution in [2.24, 2.45) is 5.16 Å². The summed E-state index contributed by atoms with van der Waals surface area (Å²) in [5.74, 6) is 0.484. The van der Waals surface area contributed by atoms with E-state index < -0.39 is 0 Å². The molecule has 6 nitrogen and oxygen atoms in total. The van der Waals surface area contributed by atoms with Crippen LogP contribution in [0.15, 0.2) is 90.1 Å². The topological polar surface area (TPSA) is 70.0 Å². The van der Waals surface area contributed by atoms with Crippen molar-refractivity contribution in [3.63, 3.8) is 0 Å². The third-order valence-corrected chi connectivity index (χ3v) is 6.58. The number of esters is 1. The summed E-state index contributed by atoms with van der Waals surface area (Å²) < 4.78 is 10.7. The van der Waals surface area contributed by atoms with Gasteiger partial charge in [0.1, 0.15) is 24.0 Å². The van der Waals surface area contributed by atoms with E-state index in [-0.39, 0.29) is 12.4 Å². The summed E-state index contributed by atoms with van der Waals surface area (Å²) in [7, 11) is 1.38. The van der Waals surface area contributed by atoms with Crippen LogP contribution in [0.2, 0.25) is 0 Å². The maximum atomic E-state index is 11.6. The quantitative estimate of drug-likeness (QED) is 0.132. The zero-order chi connectivity index (χ0) is 25.2. The van der Waals surface area contributed by atoms with Crippen molar-refractivity contribution in [2.45, 2.75) is 33.0 Å². The van der Waals surface area contributed by atoms with Crippen LogP contribution in [0.4, 0.5) is 0 Å². The number of aromatic nitrogens is 1. The van der Waals surface area contributed by atoms with E-state index in [4.69, 9.17) is 19.3 Å². The average molecular weight is 501 g/mol. The number of aryl methyl sites for hydroxylation is 1. The fourth-order valence-electron chi connectivity index (χ4n) is 3.48. The molecule has 0 unspecified atom stereocenters. The van der Waals surface area contributed by atoms with Crippen LogP contribution < -0.4 is 4.74 Å². The lowest BCUT2D eigenvalue weighted by molar-refractivity contribution is -0.140. The Morgan fingerprint density at radius 1 is 0.889 bits per heavy atom. The molecule has 184 valence electrons. The van der Waals surface area contributed by atoms with Gasteiger partial charge in [-0.3, -0.25) is 4.79 Å². The lowest BCUT2D eigenvalue weighted by Crippen LogP contribution is -2.08. The van der Waals surface area contributed by atoms with E-state index in [1.54, 1.807) is 11.3 Å². The highest BCUT2D eigenvalue weighted by Crippen LogP contribution is 2.28. The fourth-order valence-corrected chi connectivity index (χ4v) is 4.40. The van der Waals surface area contributed by atoms with Crippen molar-refractivity contribution in [1.82, 2.24) is 4.98 Å². The standard InChI is InChI=1S/C29H28N2O4S/c1-21-27(30-29(36-21)24-11-7-4-8-12-24)20-34-25-15-13-22(14-16-25)19-35-31-26(17-18-28(32)33-2)23-9-5-3-6-10-23/h3-16H,17-20H2,1-2H3. The number of oxime groups is 1. The van der Waals surface area contributed by atoms with Crippen molar-refractivity contribution in [2.75, 3.05) is 7.11 Å². The monoisotopic (exact) mass is 500 g/mol. The molecule has 4 aromatic rings. The lowest BCUT2D eigenvalue weighted by Gasteiger charge is -2.08. The normalized spacial score (nSPS) is 11.2. The maximum absolute atomic E-state index is 11.6. The van der Waals surface area contributed by atoms with Gasteiger partial charge in [-0.15, -0.1) is 11.3 Å². The Morgan fingerprint density at radius 2 is 1.58 bits per heavy atom. The number of carbonyl (C=O) groups excluding carboxylic acids is 1. The molecule has 36 heavy (non-hydrogen) atoms. The Bertz CT molecular complexity index is 1290. The Kier molecular flexibility index (Phi) is 8.83.